The molecule has 0 spiro atoms. The Morgan fingerprint density at radius 2 is 2.08 bits per heavy atom. The molecular formula is C17H22N6O. The SMILES string of the molecule is Cn1ncc2c(N3CCN(C(=O)C[C@H]4C=CCC4)CC3)ncnc21. The highest BCUT2D eigenvalue weighted by Crippen LogP contribution is 2.24. The van der Waals surface area contributed by atoms with Crippen LogP contribution >= 0.6 is 0 Å². The first kappa shape index (κ1) is 15.1. The Kier molecular flexibility index (Phi) is 3.92. The number of fused-ring (bicyclic) bond motifs is 1. The molecule has 1 atom stereocenters. The molecule has 24 heavy (non-hydrogen) atoms. The maximum absolute atomic E-state index is 12.4. The van der Waals surface area contributed by atoms with E-state index >= 15 is 0 Å². The van der Waals surface area contributed by atoms with Gasteiger partial charge in [0.25, 0.3) is 0 Å². The standard InChI is InChI=1S/C17H22N6O/c1-21-16-14(11-20-21)17(19-12-18-16)23-8-6-22(7-9-23)15(24)10-13-4-2-3-5-13/h2,4,11-13H,3,5-10H2,1H3/t13-/m0/s1. The van der Waals surface area contributed by atoms with Crippen molar-refractivity contribution in [2.24, 2.45) is 13.0 Å². The molecule has 7 nitrogen and oxygen atoms in total. The van der Waals surface area contributed by atoms with Crippen LogP contribution in [-0.4, -0.2) is 56.7 Å². The molecule has 7 heteroatoms. The fourth-order valence-electron chi connectivity index (χ4n) is 3.59. The number of anilines is 1. The molecule has 1 aliphatic heterocycles. The lowest BCUT2D eigenvalue weighted by atomic mass is 10.0. The molecule has 2 aliphatic rings. The molecule has 4 rings (SSSR count). The van der Waals surface area contributed by atoms with Crippen molar-refractivity contribution in [3.05, 3.63) is 24.7 Å². The van der Waals surface area contributed by atoms with Gasteiger partial charge in [-0.2, -0.15) is 5.10 Å². The maximum Gasteiger partial charge on any atom is 0.223 e. The van der Waals surface area contributed by atoms with Crippen LogP contribution in [0.5, 0.6) is 0 Å². The molecule has 0 saturated carbocycles. The summed E-state index contributed by atoms with van der Waals surface area (Å²) in [5.41, 5.74) is 0.839. The third kappa shape index (κ3) is 2.74. The summed E-state index contributed by atoms with van der Waals surface area (Å²) in [7, 11) is 1.88. The van der Waals surface area contributed by atoms with Crippen molar-refractivity contribution < 1.29 is 4.79 Å². The van der Waals surface area contributed by atoms with Crippen LogP contribution in [0.15, 0.2) is 24.7 Å². The minimum Gasteiger partial charge on any atom is -0.352 e. The van der Waals surface area contributed by atoms with E-state index in [0.29, 0.717) is 12.3 Å². The monoisotopic (exact) mass is 326 g/mol. The molecular weight excluding hydrogens is 304 g/mol. The normalized spacial score (nSPS) is 21.0. The molecule has 2 aromatic rings. The van der Waals surface area contributed by atoms with Crippen molar-refractivity contribution in [2.75, 3.05) is 31.1 Å². The van der Waals surface area contributed by atoms with Gasteiger partial charge in [0, 0.05) is 39.6 Å². The number of hydrogen-bond acceptors (Lipinski definition) is 5. The summed E-state index contributed by atoms with van der Waals surface area (Å²) in [6.45, 7) is 3.10. The van der Waals surface area contributed by atoms with Crippen LogP contribution in [0.1, 0.15) is 19.3 Å². The Labute approximate surface area is 141 Å². The van der Waals surface area contributed by atoms with Gasteiger partial charge in [0.1, 0.15) is 12.1 Å². The number of aryl methyl sites for hydroxylation is 1. The van der Waals surface area contributed by atoms with Crippen molar-refractivity contribution in [1.29, 1.82) is 0 Å². The topological polar surface area (TPSA) is 67.2 Å². The molecule has 1 amide bonds. The van der Waals surface area contributed by atoms with Crippen molar-refractivity contribution >= 4 is 22.8 Å². The van der Waals surface area contributed by atoms with E-state index in [1.165, 1.54) is 0 Å². The van der Waals surface area contributed by atoms with Crippen LogP contribution in [0.2, 0.25) is 0 Å². The van der Waals surface area contributed by atoms with Gasteiger partial charge in [-0.05, 0) is 18.8 Å². The second kappa shape index (κ2) is 6.22. The average Bonchev–Trinajstić information content (AvgIpc) is 3.25. The highest BCUT2D eigenvalue weighted by atomic mass is 16.2. The van der Waals surface area contributed by atoms with Gasteiger partial charge in [-0.15, -0.1) is 0 Å². The first-order chi connectivity index (χ1) is 11.7. The minimum atomic E-state index is 0.278. The van der Waals surface area contributed by atoms with E-state index < -0.39 is 0 Å². The van der Waals surface area contributed by atoms with Gasteiger partial charge in [0.15, 0.2) is 5.65 Å². The van der Waals surface area contributed by atoms with Crippen LogP contribution in [-0.2, 0) is 11.8 Å². The highest BCUT2D eigenvalue weighted by molar-refractivity contribution is 5.86. The molecule has 0 aromatic carbocycles. The molecule has 126 valence electrons. The number of amides is 1. The van der Waals surface area contributed by atoms with Crippen molar-refractivity contribution in [2.45, 2.75) is 19.3 Å². The molecule has 0 N–H and O–H groups in total. The largest absolute Gasteiger partial charge is 0.352 e. The molecule has 1 fully saturated rings. The van der Waals surface area contributed by atoms with Crippen LogP contribution in [0.4, 0.5) is 5.82 Å². The van der Waals surface area contributed by atoms with Crippen LogP contribution in [0.3, 0.4) is 0 Å². The summed E-state index contributed by atoms with van der Waals surface area (Å²) in [5.74, 6) is 1.63. The number of aromatic nitrogens is 4. The Bertz CT molecular complexity index is 774. The quantitative estimate of drug-likeness (QED) is 0.797. The van der Waals surface area contributed by atoms with E-state index in [4.69, 9.17) is 0 Å². The van der Waals surface area contributed by atoms with Crippen molar-refractivity contribution in [3.63, 3.8) is 0 Å². The van der Waals surface area contributed by atoms with Crippen LogP contribution < -0.4 is 4.90 Å². The van der Waals surface area contributed by atoms with Crippen LogP contribution in [0, 0.1) is 5.92 Å². The maximum atomic E-state index is 12.4. The van der Waals surface area contributed by atoms with Gasteiger partial charge in [-0.1, -0.05) is 12.2 Å². The average molecular weight is 326 g/mol. The fraction of sp³-hybridized carbons (Fsp3) is 0.529. The molecule has 2 aromatic heterocycles. The number of carbonyl (C=O) groups is 1. The van der Waals surface area contributed by atoms with Gasteiger partial charge in [-0.25, -0.2) is 9.97 Å². The number of rotatable bonds is 3. The minimum absolute atomic E-state index is 0.278. The number of piperazine rings is 1. The smallest absolute Gasteiger partial charge is 0.223 e. The molecule has 0 bridgehead atoms. The number of hydrogen-bond donors (Lipinski definition) is 0. The predicted molar refractivity (Wildman–Crippen MR) is 91.6 cm³/mol. The summed E-state index contributed by atoms with van der Waals surface area (Å²) in [6, 6.07) is 0. The van der Waals surface area contributed by atoms with Crippen molar-refractivity contribution in [3.8, 4) is 0 Å². The van der Waals surface area contributed by atoms with Gasteiger partial charge < -0.3 is 9.80 Å². The molecule has 0 unspecified atom stereocenters. The van der Waals surface area contributed by atoms with E-state index in [1.54, 1.807) is 11.0 Å². The lowest BCUT2D eigenvalue weighted by molar-refractivity contribution is -0.132. The molecule has 0 radical (unpaired) electrons. The lowest BCUT2D eigenvalue weighted by Gasteiger charge is -2.36. The highest BCUT2D eigenvalue weighted by Gasteiger charge is 2.25. The number of nitrogens with zero attached hydrogens (tertiary/aromatic N) is 6. The predicted octanol–water partition coefficient (Wildman–Crippen LogP) is 1.37. The van der Waals surface area contributed by atoms with E-state index in [1.807, 2.05) is 18.1 Å². The van der Waals surface area contributed by atoms with E-state index in [-0.39, 0.29) is 5.91 Å². The van der Waals surface area contributed by atoms with Crippen molar-refractivity contribution in [1.82, 2.24) is 24.6 Å². The third-order valence-electron chi connectivity index (χ3n) is 4.99. The van der Waals surface area contributed by atoms with Gasteiger partial charge in [0.2, 0.25) is 5.91 Å². The number of allylic oxidation sites excluding steroid dienone is 2. The lowest BCUT2D eigenvalue weighted by Crippen LogP contribution is -2.49. The van der Waals surface area contributed by atoms with Gasteiger partial charge in [0.05, 0.1) is 11.6 Å². The van der Waals surface area contributed by atoms with E-state index in [0.717, 1.165) is 55.9 Å². The van der Waals surface area contributed by atoms with E-state index in [9.17, 15) is 4.79 Å². The van der Waals surface area contributed by atoms with E-state index in [2.05, 4.69) is 32.1 Å². The Morgan fingerprint density at radius 3 is 2.83 bits per heavy atom. The summed E-state index contributed by atoms with van der Waals surface area (Å²) in [5, 5.41) is 5.24. The molecule has 3 heterocycles. The zero-order valence-corrected chi connectivity index (χ0v) is 13.9. The second-order valence-electron chi connectivity index (χ2n) is 6.54. The Hall–Kier alpha value is -2.44. The first-order valence-electron chi connectivity index (χ1n) is 8.54. The van der Waals surface area contributed by atoms with Crippen LogP contribution in [0.25, 0.3) is 11.0 Å². The molecule has 1 aliphatic carbocycles. The third-order valence-corrected chi connectivity index (χ3v) is 4.99. The summed E-state index contributed by atoms with van der Waals surface area (Å²) in [4.78, 5) is 25.4. The zero-order chi connectivity index (χ0) is 16.5. The second-order valence-corrected chi connectivity index (χ2v) is 6.54. The van der Waals surface area contributed by atoms with Gasteiger partial charge >= 0.3 is 0 Å². The fourth-order valence-corrected chi connectivity index (χ4v) is 3.59. The Morgan fingerprint density at radius 1 is 1.25 bits per heavy atom. The zero-order valence-electron chi connectivity index (χ0n) is 13.9. The number of carbonyl (C=O) groups excluding carboxylic acids is 1. The first-order valence-corrected chi connectivity index (χ1v) is 8.54. The molecule has 1 saturated heterocycles. The summed E-state index contributed by atoms with van der Waals surface area (Å²) in [6.07, 6.45) is 10.7. The Balaban J connectivity index is 1.42. The van der Waals surface area contributed by atoms with Gasteiger partial charge in [-0.3, -0.25) is 9.48 Å². The summed E-state index contributed by atoms with van der Waals surface area (Å²) < 4.78 is 1.76. The summed E-state index contributed by atoms with van der Waals surface area (Å²) >= 11 is 0.